The number of sulfonamides is 1. The Kier molecular flexibility index (Phi) is 6.33. The lowest BCUT2D eigenvalue weighted by atomic mass is 10.2. The minimum atomic E-state index is -3.78. The second-order valence-electron chi connectivity index (χ2n) is 7.01. The van der Waals surface area contributed by atoms with Crippen LogP contribution in [-0.2, 0) is 14.8 Å². The first-order valence-electron chi connectivity index (χ1n) is 9.21. The maximum absolute atomic E-state index is 13.6. The van der Waals surface area contributed by atoms with Gasteiger partial charge in [-0.15, -0.1) is 0 Å². The van der Waals surface area contributed by atoms with Crippen molar-refractivity contribution in [2.75, 3.05) is 41.6 Å². The van der Waals surface area contributed by atoms with Crippen LogP contribution in [0.5, 0.6) is 0 Å². The molecule has 156 valence electrons. The Morgan fingerprint density at radius 2 is 1.76 bits per heavy atom. The van der Waals surface area contributed by atoms with Crippen LogP contribution in [0.25, 0.3) is 0 Å². The van der Waals surface area contributed by atoms with Gasteiger partial charge in [0.25, 0.3) is 0 Å². The highest BCUT2D eigenvalue weighted by Crippen LogP contribution is 2.24. The van der Waals surface area contributed by atoms with Crippen molar-refractivity contribution in [3.8, 4) is 0 Å². The second-order valence-corrected chi connectivity index (χ2v) is 9.30. The predicted octanol–water partition coefficient (Wildman–Crippen LogP) is 2.98. The quantitative estimate of drug-likeness (QED) is 0.718. The van der Waals surface area contributed by atoms with Crippen molar-refractivity contribution in [1.29, 1.82) is 0 Å². The first kappa shape index (κ1) is 21.4. The van der Waals surface area contributed by atoms with Crippen LogP contribution in [0.1, 0.15) is 6.92 Å². The van der Waals surface area contributed by atoms with Gasteiger partial charge in [-0.2, -0.15) is 0 Å². The molecule has 1 saturated heterocycles. The lowest BCUT2D eigenvalue weighted by molar-refractivity contribution is -0.132. The van der Waals surface area contributed by atoms with E-state index in [1.165, 1.54) is 25.1 Å². The van der Waals surface area contributed by atoms with E-state index in [9.17, 15) is 17.6 Å². The van der Waals surface area contributed by atoms with Crippen molar-refractivity contribution in [3.63, 3.8) is 0 Å². The molecule has 0 aromatic heterocycles. The van der Waals surface area contributed by atoms with E-state index in [0.717, 1.165) is 22.3 Å². The predicted molar refractivity (Wildman–Crippen MR) is 113 cm³/mol. The summed E-state index contributed by atoms with van der Waals surface area (Å²) in [7, 11) is -3.78. The van der Waals surface area contributed by atoms with Gasteiger partial charge in [-0.1, -0.05) is 23.7 Å². The molecule has 2 aromatic carbocycles. The maximum atomic E-state index is 13.6. The van der Waals surface area contributed by atoms with Crippen LogP contribution >= 0.6 is 11.6 Å². The molecule has 1 aliphatic heterocycles. The topological polar surface area (TPSA) is 60.9 Å². The van der Waals surface area contributed by atoms with Crippen LogP contribution in [0.15, 0.2) is 48.5 Å². The third-order valence-electron chi connectivity index (χ3n) is 4.89. The highest BCUT2D eigenvalue weighted by atomic mass is 35.5. The van der Waals surface area contributed by atoms with E-state index in [0.29, 0.717) is 31.2 Å². The molecule has 0 spiro atoms. The average molecular weight is 440 g/mol. The molecule has 3 rings (SSSR count). The summed E-state index contributed by atoms with van der Waals surface area (Å²) < 4.78 is 39.3. The highest BCUT2D eigenvalue weighted by Gasteiger charge is 2.33. The molecule has 29 heavy (non-hydrogen) atoms. The fraction of sp³-hybridized carbons (Fsp3) is 0.350. The Morgan fingerprint density at radius 1 is 1.10 bits per heavy atom. The molecule has 1 amide bonds. The van der Waals surface area contributed by atoms with Gasteiger partial charge in [-0.05, 0) is 43.3 Å². The van der Waals surface area contributed by atoms with Gasteiger partial charge in [-0.25, -0.2) is 12.8 Å². The fourth-order valence-electron chi connectivity index (χ4n) is 3.54. The number of rotatable bonds is 5. The van der Waals surface area contributed by atoms with Gasteiger partial charge in [0, 0.05) is 36.9 Å². The van der Waals surface area contributed by atoms with Gasteiger partial charge in [0.05, 0.1) is 11.9 Å². The molecule has 0 unspecified atom stereocenters. The number of benzene rings is 2. The number of nitrogens with zero attached hydrogens (tertiary/aromatic N) is 3. The largest absolute Gasteiger partial charge is 0.368 e. The first-order chi connectivity index (χ1) is 13.7. The molecular weight excluding hydrogens is 417 g/mol. The minimum Gasteiger partial charge on any atom is -0.368 e. The lowest BCUT2D eigenvalue weighted by Crippen LogP contribution is -2.55. The third kappa shape index (κ3) is 5.00. The minimum absolute atomic E-state index is 0.130. The summed E-state index contributed by atoms with van der Waals surface area (Å²) in [4.78, 5) is 16.8. The maximum Gasteiger partial charge on any atom is 0.246 e. The summed E-state index contributed by atoms with van der Waals surface area (Å²) in [5, 5.41) is 0.647. The Morgan fingerprint density at radius 3 is 2.34 bits per heavy atom. The summed E-state index contributed by atoms with van der Waals surface area (Å²) in [6, 6.07) is 11.8. The normalized spacial score (nSPS) is 15.9. The Hall–Kier alpha value is -2.32. The summed E-state index contributed by atoms with van der Waals surface area (Å²) in [6.45, 7) is 3.65. The van der Waals surface area contributed by atoms with Crippen molar-refractivity contribution in [3.05, 3.63) is 59.4 Å². The lowest BCUT2D eigenvalue weighted by Gasteiger charge is -2.39. The summed E-state index contributed by atoms with van der Waals surface area (Å²) in [6.07, 6.45) is 1.01. The number of anilines is 2. The van der Waals surface area contributed by atoms with E-state index in [-0.39, 0.29) is 11.6 Å². The van der Waals surface area contributed by atoms with Gasteiger partial charge in [-0.3, -0.25) is 9.10 Å². The zero-order chi connectivity index (χ0) is 21.2. The van der Waals surface area contributed by atoms with Crippen LogP contribution in [0, 0.1) is 5.82 Å². The van der Waals surface area contributed by atoms with E-state index in [4.69, 9.17) is 11.6 Å². The SMILES string of the molecule is C[C@H](C(=O)N1CCN(c2cccc(Cl)c2)CC1)N(c1cccc(F)c1)S(C)(=O)=O. The average Bonchev–Trinajstić information content (AvgIpc) is 2.66. The molecule has 0 N–H and O–H groups in total. The standard InChI is InChI=1S/C20H23ClFN3O3S/c1-15(25(29(2,27)28)19-8-4-6-17(22)14-19)20(26)24-11-9-23(10-12-24)18-7-3-5-16(21)13-18/h3-8,13-15H,9-12H2,1-2H3/t15-/m1/s1. The summed E-state index contributed by atoms with van der Waals surface area (Å²) >= 11 is 6.05. The fourth-order valence-corrected chi connectivity index (χ4v) is 4.88. The molecule has 6 nitrogen and oxygen atoms in total. The number of amides is 1. The zero-order valence-electron chi connectivity index (χ0n) is 16.3. The molecule has 1 fully saturated rings. The molecule has 1 aliphatic rings. The van der Waals surface area contributed by atoms with Gasteiger partial charge in [0.2, 0.25) is 15.9 Å². The number of carbonyl (C=O) groups excluding carboxylic acids is 1. The molecule has 0 aliphatic carbocycles. The van der Waals surface area contributed by atoms with E-state index < -0.39 is 21.9 Å². The molecule has 0 radical (unpaired) electrons. The van der Waals surface area contributed by atoms with Crippen LogP contribution in [0.2, 0.25) is 5.02 Å². The van der Waals surface area contributed by atoms with Crippen molar-refractivity contribution in [2.45, 2.75) is 13.0 Å². The van der Waals surface area contributed by atoms with Crippen LogP contribution in [-0.4, -0.2) is 57.7 Å². The van der Waals surface area contributed by atoms with Gasteiger partial charge < -0.3 is 9.80 Å². The summed E-state index contributed by atoms with van der Waals surface area (Å²) in [5.74, 6) is -0.878. The first-order valence-corrected chi connectivity index (χ1v) is 11.4. The number of piperazine rings is 1. The molecule has 1 atom stereocenters. The Balaban J connectivity index is 1.73. The van der Waals surface area contributed by atoms with E-state index in [1.807, 2.05) is 18.2 Å². The van der Waals surface area contributed by atoms with Crippen LogP contribution < -0.4 is 9.21 Å². The number of hydrogen-bond acceptors (Lipinski definition) is 4. The Labute approximate surface area is 175 Å². The molecular formula is C20H23ClFN3O3S. The number of carbonyl (C=O) groups is 1. The number of hydrogen-bond donors (Lipinski definition) is 0. The third-order valence-corrected chi connectivity index (χ3v) is 6.37. The van der Waals surface area contributed by atoms with E-state index in [2.05, 4.69) is 4.90 Å². The second kappa shape index (κ2) is 8.59. The van der Waals surface area contributed by atoms with E-state index >= 15 is 0 Å². The zero-order valence-corrected chi connectivity index (χ0v) is 17.8. The Bertz CT molecular complexity index is 994. The molecule has 0 bridgehead atoms. The molecule has 9 heteroatoms. The van der Waals surface area contributed by atoms with Crippen molar-refractivity contribution in [1.82, 2.24) is 4.90 Å². The van der Waals surface area contributed by atoms with Gasteiger partial charge in [0.15, 0.2) is 0 Å². The molecule has 1 heterocycles. The highest BCUT2D eigenvalue weighted by molar-refractivity contribution is 7.92. The molecule has 0 saturated carbocycles. The van der Waals surface area contributed by atoms with E-state index in [1.54, 1.807) is 11.0 Å². The smallest absolute Gasteiger partial charge is 0.246 e. The number of halogens is 2. The van der Waals surface area contributed by atoms with Gasteiger partial charge >= 0.3 is 0 Å². The monoisotopic (exact) mass is 439 g/mol. The molecule has 2 aromatic rings. The van der Waals surface area contributed by atoms with Crippen molar-refractivity contribution < 1.29 is 17.6 Å². The van der Waals surface area contributed by atoms with Crippen molar-refractivity contribution >= 4 is 38.9 Å². The van der Waals surface area contributed by atoms with Gasteiger partial charge in [0.1, 0.15) is 11.9 Å². The van der Waals surface area contributed by atoms with Crippen molar-refractivity contribution in [2.24, 2.45) is 0 Å². The summed E-state index contributed by atoms with van der Waals surface area (Å²) in [5.41, 5.74) is 1.11. The van der Waals surface area contributed by atoms with Crippen LogP contribution in [0.3, 0.4) is 0 Å². The van der Waals surface area contributed by atoms with Crippen LogP contribution in [0.4, 0.5) is 15.8 Å².